The summed E-state index contributed by atoms with van der Waals surface area (Å²) < 4.78 is 26.7. The van der Waals surface area contributed by atoms with E-state index in [1.807, 2.05) is 35.7 Å². The first-order chi connectivity index (χ1) is 27.1. The number of cyclic esters (lactones) is 1. The van der Waals surface area contributed by atoms with E-state index in [-0.39, 0.29) is 65.1 Å². The molecule has 7 heterocycles. The molecule has 4 saturated heterocycles. The highest BCUT2D eigenvalue weighted by Gasteiger charge is 2.51. The van der Waals surface area contributed by atoms with Crippen LogP contribution in [0.1, 0.15) is 85.8 Å². The first-order valence-corrected chi connectivity index (χ1v) is 20.2. The molecule has 12 nitrogen and oxygen atoms in total. The highest BCUT2D eigenvalue weighted by atomic mass is 35.5. The van der Waals surface area contributed by atoms with Gasteiger partial charge in [-0.05, 0) is 75.6 Å². The van der Waals surface area contributed by atoms with Crippen LogP contribution in [0.2, 0.25) is 10.0 Å². The Hall–Kier alpha value is -4.77. The van der Waals surface area contributed by atoms with Gasteiger partial charge in [0.1, 0.15) is 17.8 Å². The molecule has 2 aromatic carbocycles. The number of rotatable bonds is 9. The topological polar surface area (TPSA) is 134 Å². The number of amides is 2. The molecule has 2 amide bonds. The highest BCUT2D eigenvalue weighted by molar-refractivity contribution is 6.43. The Morgan fingerprint density at radius 2 is 2.04 bits per heavy atom. The normalized spacial score (nSPS) is 24.9. The summed E-state index contributed by atoms with van der Waals surface area (Å²) in [5, 5.41) is 24.5. The second kappa shape index (κ2) is 13.4. The molecule has 6 fully saturated rings. The minimum absolute atomic E-state index is 0.000827. The van der Waals surface area contributed by atoms with Crippen molar-refractivity contribution < 1.29 is 18.7 Å². The van der Waals surface area contributed by atoms with Crippen molar-refractivity contribution in [3.8, 4) is 17.2 Å². The van der Waals surface area contributed by atoms with Crippen molar-refractivity contribution >= 4 is 57.0 Å². The van der Waals surface area contributed by atoms with E-state index in [0.29, 0.717) is 76.9 Å². The SMILES string of the molecule is Cc1nc2c(F)c(-c3cccc(Cl)c3Cl)c(CCC#N)cc2c2c1cc([C@H]1C[C@H](n3cc(C(C)N4CCOC4=O)nn3)CN1C(=O)C1CC1)n2[C@H]1[C@H]2CN[C@@H]1C2. The number of nitrogens with zero attached hydrogens (tertiary/aromatic N) is 8. The monoisotopic (exact) mass is 795 g/mol. The van der Waals surface area contributed by atoms with Gasteiger partial charge in [0, 0.05) is 64.8 Å². The number of aryl methyl sites for hydroxylation is 2. The van der Waals surface area contributed by atoms with Gasteiger partial charge in [0.2, 0.25) is 5.91 Å². The summed E-state index contributed by atoms with van der Waals surface area (Å²) >= 11 is 13.1. The van der Waals surface area contributed by atoms with E-state index >= 15 is 4.39 Å². The highest BCUT2D eigenvalue weighted by Crippen LogP contribution is 2.52. The second-order valence-electron chi connectivity index (χ2n) is 16.1. The minimum Gasteiger partial charge on any atom is -0.448 e. The Labute approximate surface area is 332 Å². The van der Waals surface area contributed by atoms with E-state index in [4.69, 9.17) is 32.9 Å². The fourth-order valence-electron chi connectivity index (χ4n) is 9.77. The first kappa shape index (κ1) is 35.6. The smallest absolute Gasteiger partial charge is 0.410 e. The van der Waals surface area contributed by atoms with Crippen molar-refractivity contribution in [2.45, 2.75) is 82.6 Å². The van der Waals surface area contributed by atoms with Gasteiger partial charge >= 0.3 is 6.09 Å². The van der Waals surface area contributed by atoms with E-state index < -0.39 is 5.82 Å². The summed E-state index contributed by atoms with van der Waals surface area (Å²) in [4.78, 5) is 35.1. The predicted molar refractivity (Wildman–Crippen MR) is 208 cm³/mol. The van der Waals surface area contributed by atoms with Gasteiger partial charge in [-0.3, -0.25) is 9.69 Å². The zero-order chi connectivity index (χ0) is 38.6. The van der Waals surface area contributed by atoms with E-state index in [2.05, 4.69) is 32.3 Å². The first-order valence-electron chi connectivity index (χ1n) is 19.5. The van der Waals surface area contributed by atoms with Crippen LogP contribution in [0.15, 0.2) is 36.5 Å². The van der Waals surface area contributed by atoms with Gasteiger partial charge in [-0.15, -0.1) is 5.10 Å². The number of nitrogens with one attached hydrogen (secondary N) is 1. The molecule has 0 spiro atoms. The molecule has 56 heavy (non-hydrogen) atoms. The maximum absolute atomic E-state index is 17.3. The number of ether oxygens (including phenoxy) is 1. The van der Waals surface area contributed by atoms with Gasteiger partial charge in [-0.2, -0.15) is 5.26 Å². The second-order valence-corrected chi connectivity index (χ2v) is 16.8. The summed E-state index contributed by atoms with van der Waals surface area (Å²) in [6.45, 7) is 6.03. The molecule has 6 aliphatic rings. The summed E-state index contributed by atoms with van der Waals surface area (Å²) in [6, 6.07) is 11.2. The Morgan fingerprint density at radius 1 is 1.20 bits per heavy atom. The summed E-state index contributed by atoms with van der Waals surface area (Å²) in [6.07, 6.45) is 5.44. The zero-order valence-corrected chi connectivity index (χ0v) is 32.5. The van der Waals surface area contributed by atoms with Gasteiger partial charge in [0.05, 0.1) is 58.5 Å². The Morgan fingerprint density at radius 3 is 2.75 bits per heavy atom. The standard InChI is InChI=1S/C41H40Cl2FN9O3/c1-20-27-16-33(32-15-25(18-51(32)40(54)22-8-9-22)52-19-31(48-49-52)21(2)50-11-12-56-41(50)55)53(38-24-14-30(38)46-17-24)39(27)28-13-23(5-4-10-45)34(36(44)37(28)47-20)26-6-3-7-29(42)35(26)43/h3,6-7,13,16,19,21-22,24-25,30,32,38,46H,4-5,8-9,11-12,14-15,17-18H2,1-2H3/t21?,24-,25+,30-,32-,38+/m1/s1. The van der Waals surface area contributed by atoms with Crippen LogP contribution >= 0.6 is 23.2 Å². The van der Waals surface area contributed by atoms with Crippen LogP contribution in [0.25, 0.3) is 32.9 Å². The molecule has 1 N–H and O–H groups in total. The number of hydrogen-bond donors (Lipinski definition) is 1. The lowest BCUT2D eigenvalue weighted by molar-refractivity contribution is -0.133. The fourth-order valence-corrected chi connectivity index (χ4v) is 10.2. The van der Waals surface area contributed by atoms with Gasteiger partial charge in [-0.25, -0.2) is 18.9 Å². The van der Waals surface area contributed by atoms with E-state index in [9.17, 15) is 14.9 Å². The third kappa shape index (κ3) is 5.50. The maximum atomic E-state index is 17.3. The molecule has 15 heteroatoms. The van der Waals surface area contributed by atoms with Crippen molar-refractivity contribution in [1.82, 2.24) is 39.7 Å². The van der Waals surface area contributed by atoms with Gasteiger partial charge in [0.25, 0.3) is 0 Å². The van der Waals surface area contributed by atoms with Crippen LogP contribution < -0.4 is 5.32 Å². The number of hydrogen-bond acceptors (Lipinski definition) is 8. The van der Waals surface area contributed by atoms with E-state index in [1.165, 1.54) is 0 Å². The van der Waals surface area contributed by atoms with Crippen LogP contribution in [-0.4, -0.2) is 78.6 Å². The number of halogens is 3. The summed E-state index contributed by atoms with van der Waals surface area (Å²) in [7, 11) is 0. The summed E-state index contributed by atoms with van der Waals surface area (Å²) in [5.41, 5.74) is 4.90. The lowest BCUT2D eigenvalue weighted by Crippen LogP contribution is -2.41. The minimum atomic E-state index is -0.501. The predicted octanol–water partition coefficient (Wildman–Crippen LogP) is 7.63. The Kier molecular flexibility index (Phi) is 8.54. The number of nitriles is 1. The largest absolute Gasteiger partial charge is 0.448 e. The van der Waals surface area contributed by atoms with Crippen LogP contribution in [-0.2, 0) is 16.0 Å². The fraction of sp³-hybridized carbons (Fsp3) is 0.463. The zero-order valence-electron chi connectivity index (χ0n) is 31.0. The molecular weight excluding hydrogens is 756 g/mol. The number of likely N-dealkylation sites (tertiary alicyclic amines) is 1. The third-order valence-corrected chi connectivity index (χ3v) is 13.7. The third-order valence-electron chi connectivity index (χ3n) is 12.9. The lowest BCUT2D eigenvalue weighted by Gasteiger charge is -2.39. The number of aromatic nitrogens is 5. The van der Waals surface area contributed by atoms with Crippen LogP contribution in [0.4, 0.5) is 9.18 Å². The lowest BCUT2D eigenvalue weighted by atomic mass is 9.79. The molecule has 0 radical (unpaired) electrons. The number of benzene rings is 2. The van der Waals surface area contributed by atoms with Crippen molar-refractivity contribution in [3.05, 3.63) is 75.0 Å². The maximum Gasteiger partial charge on any atom is 0.410 e. The Bertz CT molecular complexity index is 2500. The molecule has 3 aromatic heterocycles. The van der Waals surface area contributed by atoms with E-state index in [0.717, 1.165) is 42.4 Å². The molecule has 2 bridgehead atoms. The molecule has 2 saturated carbocycles. The van der Waals surface area contributed by atoms with Crippen molar-refractivity contribution in [3.63, 3.8) is 0 Å². The molecule has 5 aromatic rings. The van der Waals surface area contributed by atoms with Crippen molar-refractivity contribution in [2.75, 3.05) is 26.2 Å². The quantitative estimate of drug-likeness (QED) is 0.161. The molecule has 2 aliphatic carbocycles. The van der Waals surface area contributed by atoms with Crippen LogP contribution in [0.3, 0.4) is 0 Å². The average Bonchev–Trinajstić information content (AvgIpc) is 3.83. The van der Waals surface area contributed by atoms with E-state index in [1.54, 1.807) is 23.1 Å². The number of carbonyl (C=O) groups excluding carboxylic acids is 2. The van der Waals surface area contributed by atoms with Crippen LogP contribution in [0, 0.1) is 35.9 Å². The number of fused-ring (bicyclic) bond motifs is 4. The van der Waals surface area contributed by atoms with Crippen molar-refractivity contribution in [2.24, 2.45) is 11.8 Å². The van der Waals surface area contributed by atoms with Gasteiger partial charge in [0.15, 0.2) is 5.82 Å². The van der Waals surface area contributed by atoms with Gasteiger partial charge in [-0.1, -0.05) is 40.5 Å². The molecular formula is C41H40Cl2FN9O3. The molecule has 1 unspecified atom stereocenters. The van der Waals surface area contributed by atoms with Crippen molar-refractivity contribution in [1.29, 1.82) is 5.26 Å². The number of carbonyl (C=O) groups is 2. The Balaban J connectivity index is 1.14. The van der Waals surface area contributed by atoms with Gasteiger partial charge < -0.3 is 19.5 Å². The molecule has 6 atom stereocenters. The van der Waals surface area contributed by atoms with Crippen LogP contribution in [0.5, 0.6) is 0 Å². The molecule has 288 valence electrons. The number of pyridine rings is 1. The summed E-state index contributed by atoms with van der Waals surface area (Å²) in [5.74, 6) is 0.0243. The average molecular weight is 797 g/mol. The molecule has 4 aliphatic heterocycles. The molecule has 11 rings (SSSR count).